The molecule has 188 valence electrons. The van der Waals surface area contributed by atoms with Gasteiger partial charge in [-0.3, -0.25) is 4.79 Å². The highest BCUT2D eigenvalue weighted by Crippen LogP contribution is 2.44. The molecule has 3 N–H and O–H groups in total. The number of hydrogen-bond acceptors (Lipinski definition) is 4. The molecule has 0 heterocycles. The van der Waals surface area contributed by atoms with Gasteiger partial charge < -0.3 is 20.5 Å². The van der Waals surface area contributed by atoms with Crippen molar-refractivity contribution in [3.63, 3.8) is 0 Å². The number of alkyl halides is 3. The lowest BCUT2D eigenvalue weighted by atomic mass is 9.98. The summed E-state index contributed by atoms with van der Waals surface area (Å²) in [5, 5.41) is 13.0. The normalized spacial score (nSPS) is 14.6. The standard InChI is InChI=1S/C25H27F3N2O5/c1-14(2)11-20(23(32)33)29-22(31)12-21(25(26,27)28)30-24(34)35-13-19-17-9-5-3-7-15(17)16-8-4-6-10-18(16)19/h3-10,14,19-21H,11-13H2,1-2H3,(H,29,31)(H,30,34)(H,32,33)/t20-,21?/m1/s1. The first-order chi connectivity index (χ1) is 16.5. The van der Waals surface area contributed by atoms with Gasteiger partial charge in [0, 0.05) is 5.92 Å². The SMILES string of the molecule is CC(C)C[C@@H](NC(=O)CC(NC(=O)OCC1c2ccccc2-c2ccccc21)C(F)(F)F)C(=O)O. The van der Waals surface area contributed by atoms with Crippen molar-refractivity contribution < 1.29 is 37.4 Å². The molecule has 0 spiro atoms. The van der Waals surface area contributed by atoms with Gasteiger partial charge in [-0.15, -0.1) is 0 Å². The Kier molecular flexibility index (Phi) is 8.03. The molecule has 2 aromatic carbocycles. The molecule has 1 aliphatic carbocycles. The Morgan fingerprint density at radius 1 is 0.971 bits per heavy atom. The van der Waals surface area contributed by atoms with Crippen LogP contribution in [0.4, 0.5) is 18.0 Å². The Bertz CT molecular complexity index is 1040. The molecule has 35 heavy (non-hydrogen) atoms. The number of amides is 2. The lowest BCUT2D eigenvalue weighted by molar-refractivity contribution is -0.161. The summed E-state index contributed by atoms with van der Waals surface area (Å²) in [5.41, 5.74) is 3.74. The fourth-order valence-corrected chi connectivity index (χ4v) is 4.16. The molecule has 0 aromatic heterocycles. The average molecular weight is 492 g/mol. The van der Waals surface area contributed by atoms with E-state index in [1.807, 2.05) is 48.5 Å². The maximum Gasteiger partial charge on any atom is 0.409 e. The monoisotopic (exact) mass is 492 g/mol. The molecule has 1 aliphatic rings. The lowest BCUT2D eigenvalue weighted by Crippen LogP contribution is -2.50. The van der Waals surface area contributed by atoms with Gasteiger partial charge in [0.2, 0.25) is 5.91 Å². The number of carboxylic acid groups (broad SMARTS) is 1. The van der Waals surface area contributed by atoms with E-state index in [1.165, 1.54) is 0 Å². The maximum absolute atomic E-state index is 13.5. The molecule has 0 radical (unpaired) electrons. The number of carboxylic acids is 1. The van der Waals surface area contributed by atoms with Crippen LogP contribution in [0, 0.1) is 5.92 Å². The van der Waals surface area contributed by atoms with Gasteiger partial charge >= 0.3 is 18.2 Å². The number of aliphatic carboxylic acids is 1. The third-order valence-corrected chi connectivity index (χ3v) is 5.76. The molecule has 2 atom stereocenters. The number of fused-ring (bicyclic) bond motifs is 3. The van der Waals surface area contributed by atoms with Crippen LogP contribution in [0.3, 0.4) is 0 Å². The van der Waals surface area contributed by atoms with E-state index < -0.39 is 42.7 Å². The van der Waals surface area contributed by atoms with Crippen molar-refractivity contribution in [1.82, 2.24) is 10.6 Å². The van der Waals surface area contributed by atoms with Gasteiger partial charge in [0.15, 0.2) is 0 Å². The number of carbonyl (C=O) groups is 3. The quantitative estimate of drug-likeness (QED) is 0.479. The highest BCUT2D eigenvalue weighted by atomic mass is 19.4. The summed E-state index contributed by atoms with van der Waals surface area (Å²) >= 11 is 0. The summed E-state index contributed by atoms with van der Waals surface area (Å²) < 4.78 is 45.7. The predicted octanol–water partition coefficient (Wildman–Crippen LogP) is 4.46. The number of benzene rings is 2. The number of carbonyl (C=O) groups excluding carboxylic acids is 2. The largest absolute Gasteiger partial charge is 0.480 e. The maximum atomic E-state index is 13.5. The van der Waals surface area contributed by atoms with E-state index in [2.05, 4.69) is 5.32 Å². The number of halogens is 3. The highest BCUT2D eigenvalue weighted by Gasteiger charge is 2.43. The smallest absolute Gasteiger partial charge is 0.409 e. The van der Waals surface area contributed by atoms with Crippen LogP contribution in [0.15, 0.2) is 48.5 Å². The van der Waals surface area contributed by atoms with Crippen LogP contribution in [0.25, 0.3) is 11.1 Å². The summed E-state index contributed by atoms with van der Waals surface area (Å²) in [7, 11) is 0. The van der Waals surface area contributed by atoms with Crippen molar-refractivity contribution in [3.05, 3.63) is 59.7 Å². The fraction of sp³-hybridized carbons (Fsp3) is 0.400. The molecule has 0 bridgehead atoms. The molecular formula is C25H27F3N2O5. The molecule has 7 nitrogen and oxygen atoms in total. The van der Waals surface area contributed by atoms with Gasteiger partial charge in [-0.1, -0.05) is 62.4 Å². The Labute approximate surface area is 200 Å². The van der Waals surface area contributed by atoms with Crippen LogP contribution in [0.2, 0.25) is 0 Å². The zero-order valence-corrected chi connectivity index (χ0v) is 19.3. The minimum Gasteiger partial charge on any atom is -0.480 e. The van der Waals surface area contributed by atoms with Crippen molar-refractivity contribution in [2.45, 2.75) is 50.9 Å². The zero-order chi connectivity index (χ0) is 25.8. The number of alkyl carbamates (subject to hydrolysis) is 1. The molecule has 0 saturated carbocycles. The number of hydrogen-bond donors (Lipinski definition) is 3. The van der Waals surface area contributed by atoms with Gasteiger partial charge in [-0.2, -0.15) is 13.2 Å². The summed E-state index contributed by atoms with van der Waals surface area (Å²) in [6.45, 7) is 3.25. The first-order valence-electron chi connectivity index (χ1n) is 11.2. The molecule has 2 aromatic rings. The predicted molar refractivity (Wildman–Crippen MR) is 122 cm³/mol. The van der Waals surface area contributed by atoms with E-state index >= 15 is 0 Å². The van der Waals surface area contributed by atoms with Crippen LogP contribution in [0.5, 0.6) is 0 Å². The first-order valence-corrected chi connectivity index (χ1v) is 11.2. The van der Waals surface area contributed by atoms with Gasteiger partial charge in [-0.25, -0.2) is 9.59 Å². The first kappa shape index (κ1) is 26.1. The number of ether oxygens (including phenoxy) is 1. The van der Waals surface area contributed by atoms with E-state index in [9.17, 15) is 32.7 Å². The molecule has 3 rings (SSSR count). The van der Waals surface area contributed by atoms with Crippen molar-refractivity contribution in [1.29, 1.82) is 0 Å². The van der Waals surface area contributed by atoms with Crippen LogP contribution in [-0.4, -0.2) is 47.9 Å². The summed E-state index contributed by atoms with van der Waals surface area (Å²) in [5.74, 6) is -2.93. The van der Waals surface area contributed by atoms with E-state index in [-0.39, 0.29) is 24.9 Å². The average Bonchev–Trinajstić information content (AvgIpc) is 3.09. The summed E-state index contributed by atoms with van der Waals surface area (Å²) in [6.07, 6.45) is -7.38. The third kappa shape index (κ3) is 6.52. The van der Waals surface area contributed by atoms with Crippen molar-refractivity contribution >= 4 is 18.0 Å². The molecule has 2 amide bonds. The van der Waals surface area contributed by atoms with Crippen LogP contribution in [-0.2, 0) is 14.3 Å². The van der Waals surface area contributed by atoms with Crippen molar-refractivity contribution in [2.75, 3.05) is 6.61 Å². The van der Waals surface area contributed by atoms with Gasteiger partial charge in [0.25, 0.3) is 0 Å². The van der Waals surface area contributed by atoms with E-state index in [4.69, 9.17) is 4.74 Å². The summed E-state index contributed by atoms with van der Waals surface area (Å²) in [4.78, 5) is 35.7. The van der Waals surface area contributed by atoms with E-state index in [1.54, 1.807) is 19.2 Å². The summed E-state index contributed by atoms with van der Waals surface area (Å²) in [6, 6.07) is 11.2. The topological polar surface area (TPSA) is 105 Å². The fourth-order valence-electron chi connectivity index (χ4n) is 4.16. The van der Waals surface area contributed by atoms with E-state index in [0.717, 1.165) is 22.3 Å². The molecule has 0 aliphatic heterocycles. The number of rotatable bonds is 9. The van der Waals surface area contributed by atoms with E-state index in [0.29, 0.717) is 0 Å². The van der Waals surface area contributed by atoms with Crippen LogP contribution >= 0.6 is 0 Å². The molecule has 1 unspecified atom stereocenters. The second kappa shape index (κ2) is 10.8. The zero-order valence-electron chi connectivity index (χ0n) is 19.3. The second-order valence-corrected chi connectivity index (χ2v) is 8.86. The third-order valence-electron chi connectivity index (χ3n) is 5.76. The molecular weight excluding hydrogens is 465 g/mol. The molecule has 10 heteroatoms. The Morgan fingerprint density at radius 3 is 2.00 bits per heavy atom. The van der Waals surface area contributed by atoms with Gasteiger partial charge in [0.1, 0.15) is 18.7 Å². The molecule has 0 fully saturated rings. The van der Waals surface area contributed by atoms with Crippen LogP contribution in [0.1, 0.15) is 43.7 Å². The minimum absolute atomic E-state index is 0.0531. The van der Waals surface area contributed by atoms with Gasteiger partial charge in [-0.05, 0) is 34.6 Å². The Morgan fingerprint density at radius 2 is 1.51 bits per heavy atom. The van der Waals surface area contributed by atoms with Crippen LogP contribution < -0.4 is 10.6 Å². The highest BCUT2D eigenvalue weighted by molar-refractivity contribution is 5.84. The Balaban J connectivity index is 1.64. The van der Waals surface area contributed by atoms with Gasteiger partial charge in [0.05, 0.1) is 6.42 Å². The van der Waals surface area contributed by atoms with Crippen molar-refractivity contribution in [2.24, 2.45) is 5.92 Å². The number of nitrogens with one attached hydrogen (secondary N) is 2. The molecule has 0 saturated heterocycles. The van der Waals surface area contributed by atoms with Crippen molar-refractivity contribution in [3.8, 4) is 11.1 Å². The lowest BCUT2D eigenvalue weighted by Gasteiger charge is -2.23. The second-order valence-electron chi connectivity index (χ2n) is 8.86. The Hall–Kier alpha value is -3.56. The minimum atomic E-state index is -4.94.